The van der Waals surface area contributed by atoms with E-state index in [1.165, 1.54) is 18.2 Å². The summed E-state index contributed by atoms with van der Waals surface area (Å²) >= 11 is 1.63. The smallest absolute Gasteiger partial charge is 0.305 e. The molecule has 2 rings (SSSR count). The van der Waals surface area contributed by atoms with E-state index in [0.717, 1.165) is 17.1 Å². The molecule has 0 atom stereocenters. The molecule has 0 aliphatic heterocycles. The standard InChI is InChI=1S/C15H17NO2S/c1-3-11-6-4-5-7-13(11)15-16-12(10-19-15)8-9-14(17)18-2/h4-7,10H,3,8-9H2,1-2H3. The summed E-state index contributed by atoms with van der Waals surface area (Å²) in [5.74, 6) is -0.191. The molecule has 19 heavy (non-hydrogen) atoms. The van der Waals surface area contributed by atoms with Crippen molar-refractivity contribution in [3.05, 3.63) is 40.9 Å². The van der Waals surface area contributed by atoms with E-state index in [-0.39, 0.29) is 5.97 Å². The van der Waals surface area contributed by atoms with E-state index < -0.39 is 0 Å². The number of aryl methyl sites for hydroxylation is 2. The first kappa shape index (κ1) is 13.7. The van der Waals surface area contributed by atoms with Crippen molar-refractivity contribution in [3.8, 4) is 10.6 Å². The number of nitrogens with zero attached hydrogens (tertiary/aromatic N) is 1. The number of ether oxygens (including phenoxy) is 1. The lowest BCUT2D eigenvalue weighted by atomic mass is 10.1. The Morgan fingerprint density at radius 3 is 2.89 bits per heavy atom. The minimum atomic E-state index is -0.191. The summed E-state index contributed by atoms with van der Waals surface area (Å²) < 4.78 is 4.64. The number of thiazole rings is 1. The van der Waals surface area contributed by atoms with Crippen LogP contribution in [-0.4, -0.2) is 18.1 Å². The van der Waals surface area contributed by atoms with Crippen molar-refractivity contribution in [3.63, 3.8) is 0 Å². The number of rotatable bonds is 5. The molecule has 0 saturated heterocycles. The Morgan fingerprint density at radius 1 is 1.37 bits per heavy atom. The van der Waals surface area contributed by atoms with Gasteiger partial charge in [-0.05, 0) is 12.0 Å². The van der Waals surface area contributed by atoms with E-state index in [0.29, 0.717) is 12.8 Å². The van der Waals surface area contributed by atoms with E-state index in [9.17, 15) is 4.79 Å². The fourth-order valence-electron chi connectivity index (χ4n) is 1.91. The van der Waals surface area contributed by atoms with Crippen LogP contribution in [0.15, 0.2) is 29.6 Å². The third-order valence-electron chi connectivity index (χ3n) is 2.99. The molecule has 0 fully saturated rings. The maximum absolute atomic E-state index is 11.1. The van der Waals surface area contributed by atoms with E-state index in [4.69, 9.17) is 0 Å². The SMILES string of the molecule is CCc1ccccc1-c1nc(CCC(=O)OC)cs1. The summed E-state index contributed by atoms with van der Waals surface area (Å²) in [5.41, 5.74) is 3.45. The first-order valence-corrected chi connectivity index (χ1v) is 7.22. The van der Waals surface area contributed by atoms with Crippen LogP contribution in [-0.2, 0) is 22.4 Å². The van der Waals surface area contributed by atoms with Gasteiger partial charge in [0, 0.05) is 17.4 Å². The Labute approximate surface area is 117 Å². The van der Waals surface area contributed by atoms with Gasteiger partial charge in [-0.25, -0.2) is 4.98 Å². The zero-order valence-corrected chi connectivity index (χ0v) is 12.0. The van der Waals surface area contributed by atoms with Crippen molar-refractivity contribution in [2.45, 2.75) is 26.2 Å². The molecule has 0 bridgehead atoms. The monoisotopic (exact) mass is 275 g/mol. The van der Waals surface area contributed by atoms with Gasteiger partial charge in [-0.1, -0.05) is 31.2 Å². The fraction of sp³-hybridized carbons (Fsp3) is 0.333. The Morgan fingerprint density at radius 2 is 2.16 bits per heavy atom. The molecule has 1 aromatic carbocycles. The van der Waals surface area contributed by atoms with Crippen LogP contribution in [0, 0.1) is 0 Å². The van der Waals surface area contributed by atoms with Gasteiger partial charge in [0.2, 0.25) is 0 Å². The maximum atomic E-state index is 11.1. The predicted octanol–water partition coefficient (Wildman–Crippen LogP) is 3.48. The summed E-state index contributed by atoms with van der Waals surface area (Å²) in [4.78, 5) is 15.7. The summed E-state index contributed by atoms with van der Waals surface area (Å²) in [6.45, 7) is 2.14. The van der Waals surface area contributed by atoms with Crippen LogP contribution in [0.2, 0.25) is 0 Å². The highest BCUT2D eigenvalue weighted by Crippen LogP contribution is 2.27. The van der Waals surface area contributed by atoms with Gasteiger partial charge in [-0.3, -0.25) is 4.79 Å². The summed E-state index contributed by atoms with van der Waals surface area (Å²) in [5, 5.41) is 3.04. The van der Waals surface area contributed by atoms with Gasteiger partial charge in [-0.15, -0.1) is 11.3 Å². The molecule has 0 radical (unpaired) electrons. The Bertz CT molecular complexity index is 563. The first-order chi connectivity index (χ1) is 9.24. The molecule has 0 aliphatic rings. The summed E-state index contributed by atoms with van der Waals surface area (Å²) in [6.07, 6.45) is 2.01. The maximum Gasteiger partial charge on any atom is 0.305 e. The largest absolute Gasteiger partial charge is 0.469 e. The van der Waals surface area contributed by atoms with Gasteiger partial charge in [-0.2, -0.15) is 0 Å². The number of aromatic nitrogens is 1. The first-order valence-electron chi connectivity index (χ1n) is 6.34. The third kappa shape index (κ3) is 3.41. The van der Waals surface area contributed by atoms with E-state index >= 15 is 0 Å². The predicted molar refractivity (Wildman–Crippen MR) is 77.3 cm³/mol. The number of methoxy groups -OCH3 is 1. The van der Waals surface area contributed by atoms with Crippen LogP contribution < -0.4 is 0 Å². The lowest BCUT2D eigenvalue weighted by molar-refractivity contribution is -0.140. The molecule has 0 N–H and O–H groups in total. The number of hydrogen-bond donors (Lipinski definition) is 0. The van der Waals surface area contributed by atoms with Crippen molar-refractivity contribution in [2.24, 2.45) is 0 Å². The van der Waals surface area contributed by atoms with Crippen molar-refractivity contribution >= 4 is 17.3 Å². The van der Waals surface area contributed by atoms with Gasteiger partial charge in [0.25, 0.3) is 0 Å². The number of carbonyl (C=O) groups is 1. The van der Waals surface area contributed by atoms with E-state index in [1.54, 1.807) is 11.3 Å². The number of carbonyl (C=O) groups excluding carboxylic acids is 1. The van der Waals surface area contributed by atoms with Gasteiger partial charge in [0.1, 0.15) is 5.01 Å². The molecule has 4 heteroatoms. The third-order valence-corrected chi connectivity index (χ3v) is 3.92. The molecular weight excluding hydrogens is 258 g/mol. The number of esters is 1. The van der Waals surface area contributed by atoms with Crippen LogP contribution in [0.1, 0.15) is 24.6 Å². The van der Waals surface area contributed by atoms with Gasteiger partial charge in [0.15, 0.2) is 0 Å². The molecule has 3 nitrogen and oxygen atoms in total. The molecule has 0 aliphatic carbocycles. The van der Waals surface area contributed by atoms with E-state index in [2.05, 4.69) is 28.8 Å². The zero-order chi connectivity index (χ0) is 13.7. The molecule has 100 valence electrons. The molecule has 1 aromatic heterocycles. The molecular formula is C15H17NO2S. The highest BCUT2D eigenvalue weighted by atomic mass is 32.1. The average Bonchev–Trinajstić information content (AvgIpc) is 2.93. The molecule has 2 aromatic rings. The van der Waals surface area contributed by atoms with Crippen molar-refractivity contribution in [1.29, 1.82) is 0 Å². The second kappa shape index (κ2) is 6.48. The Kier molecular flexibility index (Phi) is 4.68. The minimum absolute atomic E-state index is 0.191. The second-order valence-corrected chi connectivity index (χ2v) is 5.09. The van der Waals surface area contributed by atoms with Crippen LogP contribution in [0.5, 0.6) is 0 Å². The highest BCUT2D eigenvalue weighted by Gasteiger charge is 2.09. The number of benzene rings is 1. The zero-order valence-electron chi connectivity index (χ0n) is 11.2. The molecule has 1 heterocycles. The highest BCUT2D eigenvalue weighted by molar-refractivity contribution is 7.13. The lowest BCUT2D eigenvalue weighted by Crippen LogP contribution is -2.01. The van der Waals surface area contributed by atoms with Crippen LogP contribution in [0.25, 0.3) is 10.6 Å². The summed E-state index contributed by atoms with van der Waals surface area (Å²) in [6, 6.07) is 8.31. The normalized spacial score (nSPS) is 10.4. The summed E-state index contributed by atoms with van der Waals surface area (Å²) in [7, 11) is 1.41. The van der Waals surface area contributed by atoms with Gasteiger partial charge >= 0.3 is 5.97 Å². The van der Waals surface area contributed by atoms with Crippen LogP contribution in [0.3, 0.4) is 0 Å². The second-order valence-electron chi connectivity index (χ2n) is 4.23. The fourth-order valence-corrected chi connectivity index (χ4v) is 2.83. The Balaban J connectivity index is 2.14. The molecule has 0 spiro atoms. The average molecular weight is 275 g/mol. The van der Waals surface area contributed by atoms with E-state index in [1.807, 2.05) is 17.5 Å². The molecule has 0 unspecified atom stereocenters. The quantitative estimate of drug-likeness (QED) is 0.784. The number of hydrogen-bond acceptors (Lipinski definition) is 4. The van der Waals surface area contributed by atoms with Crippen molar-refractivity contribution in [2.75, 3.05) is 7.11 Å². The van der Waals surface area contributed by atoms with Gasteiger partial charge in [0.05, 0.1) is 19.2 Å². The molecule has 0 saturated carbocycles. The minimum Gasteiger partial charge on any atom is -0.469 e. The topological polar surface area (TPSA) is 39.2 Å². The van der Waals surface area contributed by atoms with Crippen LogP contribution >= 0.6 is 11.3 Å². The van der Waals surface area contributed by atoms with Crippen LogP contribution in [0.4, 0.5) is 0 Å². The van der Waals surface area contributed by atoms with Crippen molar-refractivity contribution in [1.82, 2.24) is 4.98 Å². The van der Waals surface area contributed by atoms with Gasteiger partial charge < -0.3 is 4.74 Å². The Hall–Kier alpha value is -1.68. The molecule has 0 amide bonds. The van der Waals surface area contributed by atoms with Crippen molar-refractivity contribution < 1.29 is 9.53 Å². The lowest BCUT2D eigenvalue weighted by Gasteiger charge is -2.03.